The number of hydrogen-bond acceptors (Lipinski definition) is 5. The first-order valence-corrected chi connectivity index (χ1v) is 6.90. The Morgan fingerprint density at radius 3 is 2.85 bits per heavy atom. The zero-order valence-corrected chi connectivity index (χ0v) is 12.3. The number of nitrogens with one attached hydrogen (secondary N) is 1. The summed E-state index contributed by atoms with van der Waals surface area (Å²) in [6, 6.07) is 1.93. The largest absolute Gasteiger partial charge is 0.377 e. The maximum Gasteiger partial charge on any atom is 0.158 e. The van der Waals surface area contributed by atoms with E-state index in [1.165, 1.54) is 0 Å². The second kappa shape index (κ2) is 7.00. The molecule has 0 saturated carbocycles. The van der Waals surface area contributed by atoms with E-state index in [0.717, 1.165) is 36.8 Å². The third-order valence-electron chi connectivity index (χ3n) is 2.81. The summed E-state index contributed by atoms with van der Waals surface area (Å²) in [4.78, 5) is 13.4. The third kappa shape index (κ3) is 3.33. The van der Waals surface area contributed by atoms with Gasteiger partial charge in [0.05, 0.1) is 0 Å². The van der Waals surface area contributed by atoms with Gasteiger partial charge in [0.25, 0.3) is 0 Å². The molecule has 2 heterocycles. The van der Waals surface area contributed by atoms with Crippen LogP contribution in [0.5, 0.6) is 0 Å². The molecule has 0 saturated heterocycles. The zero-order chi connectivity index (χ0) is 14.4. The Balaban J connectivity index is 2.40. The Kier molecular flexibility index (Phi) is 5.06. The van der Waals surface area contributed by atoms with Crippen LogP contribution >= 0.6 is 0 Å². The van der Waals surface area contributed by atoms with Gasteiger partial charge in [-0.3, -0.25) is 0 Å². The summed E-state index contributed by atoms with van der Waals surface area (Å²) in [7, 11) is 1.64. The van der Waals surface area contributed by atoms with E-state index < -0.39 is 0 Å². The number of anilines is 1. The standard InChI is InChI=1S/C14H21N5O/c1-4-7-19-8-6-16-14(19)11-9-12(15-5-2)18-13(17-11)10-20-3/h6,8-9H,4-5,7,10H2,1-3H3,(H,15,17,18). The lowest BCUT2D eigenvalue weighted by molar-refractivity contribution is 0.178. The van der Waals surface area contributed by atoms with Crippen LogP contribution in [0.3, 0.4) is 0 Å². The number of imidazole rings is 1. The van der Waals surface area contributed by atoms with Crippen LogP contribution in [0.1, 0.15) is 26.1 Å². The highest BCUT2D eigenvalue weighted by molar-refractivity contribution is 5.55. The van der Waals surface area contributed by atoms with Crippen LogP contribution in [0.15, 0.2) is 18.5 Å². The van der Waals surface area contributed by atoms with Gasteiger partial charge in [0, 0.05) is 38.7 Å². The predicted molar refractivity (Wildman–Crippen MR) is 78.4 cm³/mol. The van der Waals surface area contributed by atoms with Gasteiger partial charge in [0.2, 0.25) is 0 Å². The monoisotopic (exact) mass is 275 g/mol. The van der Waals surface area contributed by atoms with Crippen LogP contribution in [-0.4, -0.2) is 33.2 Å². The molecular weight excluding hydrogens is 254 g/mol. The van der Waals surface area contributed by atoms with Gasteiger partial charge in [0.15, 0.2) is 11.6 Å². The fraction of sp³-hybridized carbons (Fsp3) is 0.500. The van der Waals surface area contributed by atoms with Crippen LogP contribution in [0, 0.1) is 0 Å². The first-order valence-electron chi connectivity index (χ1n) is 6.90. The van der Waals surface area contributed by atoms with E-state index in [2.05, 4.69) is 31.8 Å². The fourth-order valence-corrected chi connectivity index (χ4v) is 2.04. The minimum atomic E-state index is 0.390. The van der Waals surface area contributed by atoms with Crippen LogP contribution < -0.4 is 5.32 Å². The number of ether oxygens (including phenoxy) is 1. The fourth-order valence-electron chi connectivity index (χ4n) is 2.04. The SMILES string of the molecule is CCCn1ccnc1-c1cc(NCC)nc(COC)n1. The Morgan fingerprint density at radius 1 is 1.30 bits per heavy atom. The summed E-state index contributed by atoms with van der Waals surface area (Å²) in [6.07, 6.45) is 4.83. The van der Waals surface area contributed by atoms with Crippen molar-refractivity contribution in [1.29, 1.82) is 0 Å². The Labute approximate surface area is 119 Å². The molecular formula is C14H21N5O. The van der Waals surface area contributed by atoms with Crippen molar-refractivity contribution in [3.05, 3.63) is 24.3 Å². The van der Waals surface area contributed by atoms with E-state index in [-0.39, 0.29) is 0 Å². The number of aryl methyl sites for hydroxylation is 1. The minimum absolute atomic E-state index is 0.390. The Morgan fingerprint density at radius 2 is 2.15 bits per heavy atom. The van der Waals surface area contributed by atoms with Crippen molar-refractivity contribution < 1.29 is 4.74 Å². The molecule has 2 aromatic rings. The van der Waals surface area contributed by atoms with E-state index in [9.17, 15) is 0 Å². The first-order chi connectivity index (χ1) is 9.78. The van der Waals surface area contributed by atoms with Gasteiger partial charge in [-0.05, 0) is 13.3 Å². The molecule has 0 aromatic carbocycles. The molecule has 6 nitrogen and oxygen atoms in total. The van der Waals surface area contributed by atoms with Crippen LogP contribution in [-0.2, 0) is 17.9 Å². The van der Waals surface area contributed by atoms with Gasteiger partial charge in [0.1, 0.15) is 18.1 Å². The van der Waals surface area contributed by atoms with Crippen LogP contribution in [0.2, 0.25) is 0 Å². The minimum Gasteiger partial charge on any atom is -0.377 e. The molecule has 0 aliphatic rings. The molecule has 0 aliphatic heterocycles. The van der Waals surface area contributed by atoms with E-state index in [1.807, 2.05) is 19.2 Å². The first kappa shape index (κ1) is 14.5. The molecule has 2 aromatic heterocycles. The van der Waals surface area contributed by atoms with Crippen molar-refractivity contribution in [3.8, 4) is 11.5 Å². The smallest absolute Gasteiger partial charge is 0.158 e. The highest BCUT2D eigenvalue weighted by Gasteiger charge is 2.11. The number of hydrogen-bond donors (Lipinski definition) is 1. The van der Waals surface area contributed by atoms with Gasteiger partial charge in [-0.1, -0.05) is 6.92 Å². The molecule has 0 radical (unpaired) electrons. The van der Waals surface area contributed by atoms with Gasteiger partial charge in [-0.2, -0.15) is 0 Å². The van der Waals surface area contributed by atoms with Crippen LogP contribution in [0.25, 0.3) is 11.5 Å². The third-order valence-corrected chi connectivity index (χ3v) is 2.81. The molecule has 0 atom stereocenters. The quantitative estimate of drug-likeness (QED) is 0.840. The van der Waals surface area contributed by atoms with Gasteiger partial charge in [-0.25, -0.2) is 15.0 Å². The molecule has 0 aliphatic carbocycles. The molecule has 20 heavy (non-hydrogen) atoms. The summed E-state index contributed by atoms with van der Waals surface area (Å²) in [5.74, 6) is 2.33. The van der Waals surface area contributed by atoms with E-state index >= 15 is 0 Å². The van der Waals surface area contributed by atoms with Gasteiger partial charge in [-0.15, -0.1) is 0 Å². The second-order valence-electron chi connectivity index (χ2n) is 4.46. The van der Waals surface area contributed by atoms with Crippen molar-refractivity contribution in [2.45, 2.75) is 33.4 Å². The molecule has 2 rings (SSSR count). The summed E-state index contributed by atoms with van der Waals surface area (Å²) < 4.78 is 7.24. The van der Waals surface area contributed by atoms with Crippen molar-refractivity contribution in [2.24, 2.45) is 0 Å². The number of methoxy groups -OCH3 is 1. The highest BCUT2D eigenvalue weighted by Crippen LogP contribution is 2.19. The van der Waals surface area contributed by atoms with Gasteiger partial charge < -0.3 is 14.6 Å². The maximum atomic E-state index is 5.13. The average molecular weight is 275 g/mol. The lowest BCUT2D eigenvalue weighted by atomic mass is 10.3. The average Bonchev–Trinajstić information content (AvgIpc) is 2.88. The molecule has 1 N–H and O–H groups in total. The summed E-state index contributed by atoms with van der Waals surface area (Å²) in [5.41, 5.74) is 0.821. The molecule has 0 spiro atoms. The molecule has 108 valence electrons. The highest BCUT2D eigenvalue weighted by atomic mass is 16.5. The molecule has 0 bridgehead atoms. The van der Waals surface area contributed by atoms with Crippen LogP contribution in [0.4, 0.5) is 5.82 Å². The second-order valence-corrected chi connectivity index (χ2v) is 4.46. The molecule has 0 amide bonds. The van der Waals surface area contributed by atoms with E-state index in [1.54, 1.807) is 13.3 Å². The molecule has 6 heteroatoms. The zero-order valence-electron chi connectivity index (χ0n) is 12.3. The Bertz CT molecular complexity index is 528. The summed E-state index contributed by atoms with van der Waals surface area (Å²) in [6.45, 7) is 6.31. The van der Waals surface area contributed by atoms with Crippen molar-refractivity contribution in [2.75, 3.05) is 19.0 Å². The predicted octanol–water partition coefficient (Wildman–Crippen LogP) is 2.33. The summed E-state index contributed by atoms with van der Waals surface area (Å²) in [5, 5.41) is 3.22. The lowest BCUT2D eigenvalue weighted by Gasteiger charge is -2.10. The van der Waals surface area contributed by atoms with Crippen molar-refractivity contribution in [1.82, 2.24) is 19.5 Å². The maximum absolute atomic E-state index is 5.13. The van der Waals surface area contributed by atoms with Crippen molar-refractivity contribution in [3.63, 3.8) is 0 Å². The normalized spacial score (nSPS) is 10.8. The summed E-state index contributed by atoms with van der Waals surface area (Å²) >= 11 is 0. The van der Waals surface area contributed by atoms with Gasteiger partial charge >= 0.3 is 0 Å². The number of nitrogens with zero attached hydrogens (tertiary/aromatic N) is 4. The Hall–Kier alpha value is -1.95. The molecule has 0 unspecified atom stereocenters. The number of rotatable bonds is 7. The van der Waals surface area contributed by atoms with E-state index in [0.29, 0.717) is 12.4 Å². The number of aromatic nitrogens is 4. The van der Waals surface area contributed by atoms with Crippen molar-refractivity contribution >= 4 is 5.82 Å². The topological polar surface area (TPSA) is 64.9 Å². The molecule has 0 fully saturated rings. The van der Waals surface area contributed by atoms with E-state index in [4.69, 9.17) is 4.74 Å². The lowest BCUT2D eigenvalue weighted by Crippen LogP contribution is -2.07.